The lowest BCUT2D eigenvalue weighted by Crippen LogP contribution is -1.88. The number of carbonyl (C=O) groups is 4. The van der Waals surface area contributed by atoms with E-state index in [1.54, 1.807) is 0 Å². The molecule has 13 heteroatoms. The predicted molar refractivity (Wildman–Crippen MR) is 92.1 cm³/mol. The summed E-state index contributed by atoms with van der Waals surface area (Å²) in [6.45, 7) is 5.03. The number of esters is 1. The number of aliphatic carboxylic acids is 1. The Morgan fingerprint density at radius 1 is 0.870 bits per heavy atom. The molecule has 0 saturated heterocycles. The molecule has 0 aliphatic carbocycles. The lowest BCUT2D eigenvalue weighted by atomic mass is 10.8. The van der Waals surface area contributed by atoms with Crippen molar-refractivity contribution in [1.82, 2.24) is 0 Å². The number of hydrogen-bond donors (Lipinski definition) is 2. The maximum atomic E-state index is 9.59. The minimum Gasteiger partial charge on any atom is -0.481 e. The molecule has 142 valence electrons. The number of halogens is 4. The molecule has 0 fully saturated rings. The zero-order valence-corrected chi connectivity index (χ0v) is 17.1. The number of carbonyl (C=O) groups excluding carboxylic acids is 3. The van der Waals surface area contributed by atoms with Gasteiger partial charge in [-0.2, -0.15) is 0 Å². The minimum absolute atomic E-state index is 0.245. The molecule has 0 heterocycles. The first-order valence-corrected chi connectivity index (χ1v) is 8.51. The van der Waals surface area contributed by atoms with E-state index in [0.717, 1.165) is 14.0 Å². The summed E-state index contributed by atoms with van der Waals surface area (Å²) in [5.74, 6) is -1.08. The van der Waals surface area contributed by atoms with Crippen LogP contribution < -0.4 is 0 Å². The van der Waals surface area contributed by atoms with Crippen LogP contribution in [0.25, 0.3) is 0 Å². The van der Waals surface area contributed by atoms with Crippen molar-refractivity contribution in [3.63, 3.8) is 0 Å². The average molecular weight is 442 g/mol. The summed E-state index contributed by atoms with van der Waals surface area (Å²) in [6.07, 6.45) is 0. The zero-order chi connectivity index (χ0) is 20.6. The smallest absolute Gasteiger partial charge is 0.302 e. The van der Waals surface area contributed by atoms with Crippen LogP contribution in [0.4, 0.5) is 0 Å². The van der Waals surface area contributed by atoms with E-state index in [4.69, 9.17) is 19.2 Å². The molecule has 0 atom stereocenters. The third-order valence-electron chi connectivity index (χ3n) is 0.287. The van der Waals surface area contributed by atoms with Gasteiger partial charge in [-0.1, -0.05) is 0 Å². The Labute approximate surface area is 156 Å². The van der Waals surface area contributed by atoms with Crippen molar-refractivity contribution in [2.75, 3.05) is 14.2 Å². The molecule has 0 unspecified atom stereocenters. The topological polar surface area (TPSA) is 135 Å². The molecule has 2 N–H and O–H groups in total. The fourth-order valence-corrected chi connectivity index (χ4v) is 0. The second kappa shape index (κ2) is 37.6. The monoisotopic (exact) mass is 440 g/mol. The van der Waals surface area contributed by atoms with Gasteiger partial charge in [0.15, 0.2) is 0 Å². The van der Waals surface area contributed by atoms with Crippen LogP contribution in [0.1, 0.15) is 27.7 Å². The third kappa shape index (κ3) is 3430. The van der Waals surface area contributed by atoms with Gasteiger partial charge in [0.1, 0.15) is 0 Å². The number of rotatable bonds is 0. The molecule has 0 aliphatic rings. The number of ether oxygens (including phenoxy) is 1. The standard InChI is InChI=1S/C3H6O2.2C2H3ClO.C2H4O2.CH4O.Cl2OS/c1-3(4)5-2;3*1-2(3)4;1-2;1-4(2)3/h1-2H3;2*1H3;1H3,(H,3,4);2H,1H3;. The van der Waals surface area contributed by atoms with E-state index in [9.17, 15) is 14.4 Å². The van der Waals surface area contributed by atoms with Gasteiger partial charge in [-0.05, 0) is 23.2 Å². The molecule has 0 aliphatic heterocycles. The van der Waals surface area contributed by atoms with Crippen LogP contribution in [0, 0.1) is 0 Å². The van der Waals surface area contributed by atoms with Gasteiger partial charge in [-0.15, -0.1) is 0 Å². The quantitative estimate of drug-likeness (QED) is 0.432. The molecule has 0 aromatic rings. The summed E-state index contributed by atoms with van der Waals surface area (Å²) in [5, 5.41) is 13.7. The maximum Gasteiger partial charge on any atom is 0.302 e. The fourth-order valence-electron chi connectivity index (χ4n) is 0. The zero-order valence-electron chi connectivity index (χ0n) is 13.3. The first-order chi connectivity index (χ1) is 10.2. The van der Waals surface area contributed by atoms with Crippen LogP contribution in [0.5, 0.6) is 0 Å². The predicted octanol–water partition coefficient (Wildman–Crippen LogP) is 2.46. The van der Waals surface area contributed by atoms with Crippen molar-refractivity contribution < 1.29 is 38.3 Å². The van der Waals surface area contributed by atoms with Gasteiger partial charge in [0.2, 0.25) is 19.7 Å². The number of methoxy groups -OCH3 is 1. The summed E-state index contributed by atoms with van der Waals surface area (Å²) in [5.41, 5.74) is 0. The van der Waals surface area contributed by atoms with Gasteiger partial charge in [0, 0.05) is 56.2 Å². The van der Waals surface area contributed by atoms with E-state index in [0.29, 0.717) is 0 Å². The molecule has 0 bridgehead atoms. The summed E-state index contributed by atoms with van der Waals surface area (Å²) in [7, 11) is 9.71. The van der Waals surface area contributed by atoms with Gasteiger partial charge in [-0.25, -0.2) is 4.21 Å². The molecule has 0 saturated carbocycles. The first kappa shape index (κ1) is 38.2. The van der Waals surface area contributed by atoms with E-state index < -0.39 is 15.2 Å². The van der Waals surface area contributed by atoms with E-state index in [-0.39, 0.29) is 16.5 Å². The highest BCUT2D eigenvalue weighted by Gasteiger charge is 1.75. The van der Waals surface area contributed by atoms with Crippen molar-refractivity contribution in [2.45, 2.75) is 27.7 Å². The molecule has 0 aromatic heterocycles. The van der Waals surface area contributed by atoms with Crippen LogP contribution >= 0.6 is 44.6 Å². The highest BCUT2D eigenvalue weighted by atomic mass is 36.0. The highest BCUT2D eigenvalue weighted by molar-refractivity contribution is 8.26. The Morgan fingerprint density at radius 2 is 0.913 bits per heavy atom. The average Bonchev–Trinajstić information content (AvgIpc) is 2.28. The number of carboxylic acid groups (broad SMARTS) is 1. The summed E-state index contributed by atoms with van der Waals surface area (Å²) in [6, 6.07) is 0. The number of hydrogen-bond acceptors (Lipinski definition) is 7. The summed E-state index contributed by atoms with van der Waals surface area (Å²) < 4.78 is 13.2. The van der Waals surface area contributed by atoms with Gasteiger partial charge >= 0.3 is 5.97 Å². The number of aliphatic hydroxyl groups is 1. The second-order valence-electron chi connectivity index (χ2n) is 2.34. The minimum atomic E-state index is -1.67. The Bertz CT molecular complexity index is 262. The third-order valence-corrected chi connectivity index (χ3v) is 0.287. The Balaban J connectivity index is -0.0000000383. The van der Waals surface area contributed by atoms with E-state index in [1.165, 1.54) is 27.9 Å². The molecule has 23 heavy (non-hydrogen) atoms. The molecule has 0 aromatic carbocycles. The van der Waals surface area contributed by atoms with E-state index in [2.05, 4.69) is 49.3 Å². The Morgan fingerprint density at radius 3 is 0.913 bits per heavy atom. The maximum absolute atomic E-state index is 9.59. The molecular formula is C10H20Cl4O8S. The second-order valence-corrected chi connectivity index (χ2v) is 5.93. The van der Waals surface area contributed by atoms with Gasteiger partial charge in [-0.3, -0.25) is 19.2 Å². The lowest BCUT2D eigenvalue weighted by molar-refractivity contribution is -0.138. The Kier molecular flexibility index (Phi) is 62.6. The van der Waals surface area contributed by atoms with Crippen molar-refractivity contribution in [2.24, 2.45) is 0 Å². The number of carboxylic acids is 1. The lowest BCUT2D eigenvalue weighted by Gasteiger charge is -1.80. The summed E-state index contributed by atoms with van der Waals surface area (Å²) >= 11 is 9.27. The fraction of sp³-hybridized carbons (Fsp3) is 0.600. The van der Waals surface area contributed by atoms with Crippen LogP contribution in [0.3, 0.4) is 0 Å². The van der Waals surface area contributed by atoms with Crippen molar-refractivity contribution in [1.29, 1.82) is 0 Å². The first-order valence-electron chi connectivity index (χ1n) is 4.95. The van der Waals surface area contributed by atoms with Gasteiger partial charge in [0.05, 0.1) is 7.11 Å². The Hall–Kier alpha value is -0.450. The van der Waals surface area contributed by atoms with E-state index in [1.807, 2.05) is 0 Å². The van der Waals surface area contributed by atoms with Crippen molar-refractivity contribution in [3.05, 3.63) is 0 Å². The van der Waals surface area contributed by atoms with Crippen LogP contribution in [-0.2, 0) is 33.1 Å². The molecule has 0 amide bonds. The normalized spacial score (nSPS) is 6.61. The van der Waals surface area contributed by atoms with Gasteiger partial charge in [0.25, 0.3) is 5.97 Å². The van der Waals surface area contributed by atoms with Crippen LogP contribution in [0.2, 0.25) is 0 Å². The van der Waals surface area contributed by atoms with Crippen LogP contribution in [0.15, 0.2) is 0 Å². The SMILES string of the molecule is CC(=O)Cl.CC(=O)Cl.CC(=O)O.CO.COC(C)=O.O=S(Cl)Cl. The molecule has 8 nitrogen and oxygen atoms in total. The van der Waals surface area contributed by atoms with Crippen molar-refractivity contribution in [3.8, 4) is 0 Å². The highest BCUT2D eigenvalue weighted by Crippen LogP contribution is 1.89. The molecule has 0 spiro atoms. The van der Waals surface area contributed by atoms with Crippen molar-refractivity contribution >= 4 is 76.2 Å². The number of aliphatic hydroxyl groups excluding tert-OH is 1. The molecule has 0 rings (SSSR count). The summed E-state index contributed by atoms with van der Waals surface area (Å²) in [4.78, 5) is 37.0. The largest absolute Gasteiger partial charge is 0.481 e. The molecule has 0 radical (unpaired) electrons. The van der Waals surface area contributed by atoms with E-state index >= 15 is 0 Å². The van der Waals surface area contributed by atoms with Crippen LogP contribution in [-0.4, -0.2) is 51.1 Å². The van der Waals surface area contributed by atoms with Gasteiger partial charge < -0.3 is 14.9 Å². The molecular weight excluding hydrogens is 422 g/mol.